The highest BCUT2D eigenvalue weighted by atomic mass is 16.3. The smallest absolute Gasteiger partial charge is 0.0983 e. The van der Waals surface area contributed by atoms with Gasteiger partial charge in [0.25, 0.3) is 0 Å². The lowest BCUT2D eigenvalue weighted by molar-refractivity contribution is 0.0498. The van der Waals surface area contributed by atoms with Crippen LogP contribution in [0.1, 0.15) is 16.7 Å². The Morgan fingerprint density at radius 3 is 2.35 bits per heavy atom. The molecule has 2 heteroatoms. The van der Waals surface area contributed by atoms with Gasteiger partial charge in [-0.15, -0.1) is 0 Å². The van der Waals surface area contributed by atoms with Crippen molar-refractivity contribution in [3.63, 3.8) is 0 Å². The first-order chi connectivity index (χ1) is 9.76. The van der Waals surface area contributed by atoms with E-state index >= 15 is 0 Å². The fourth-order valence-corrected chi connectivity index (χ4v) is 3.29. The molecule has 0 aliphatic heterocycles. The minimum Gasteiger partial charge on any atom is -0.384 e. The molecule has 2 aromatic carbocycles. The van der Waals surface area contributed by atoms with Crippen molar-refractivity contribution in [1.29, 1.82) is 0 Å². The van der Waals surface area contributed by atoms with Crippen molar-refractivity contribution in [3.8, 4) is 0 Å². The van der Waals surface area contributed by atoms with Gasteiger partial charge in [0, 0.05) is 24.4 Å². The molecule has 1 aliphatic carbocycles. The van der Waals surface area contributed by atoms with Gasteiger partial charge in [0.05, 0.1) is 11.1 Å². The average molecular weight is 261 g/mol. The van der Waals surface area contributed by atoms with Gasteiger partial charge in [0.15, 0.2) is 0 Å². The van der Waals surface area contributed by atoms with Gasteiger partial charge in [-0.25, -0.2) is 0 Å². The predicted molar refractivity (Wildman–Crippen MR) is 79.5 cm³/mol. The molecule has 20 heavy (non-hydrogen) atoms. The number of benzene rings is 2. The number of pyridine rings is 1. The van der Waals surface area contributed by atoms with Crippen LogP contribution in [-0.4, -0.2) is 10.1 Å². The maximum absolute atomic E-state index is 11.2. The first kappa shape index (κ1) is 11.6. The number of aromatic nitrogens is 1. The van der Waals surface area contributed by atoms with E-state index in [4.69, 9.17) is 0 Å². The number of hydrogen-bond acceptors (Lipinski definition) is 2. The molecule has 0 amide bonds. The SMILES string of the molecule is OC1(c2cccc3ncccc23)Cc2ccccc2C1. The molecule has 0 radical (unpaired) electrons. The number of rotatable bonds is 1. The van der Waals surface area contributed by atoms with Crippen molar-refractivity contribution in [1.82, 2.24) is 4.98 Å². The van der Waals surface area contributed by atoms with E-state index in [1.807, 2.05) is 42.5 Å². The van der Waals surface area contributed by atoms with Gasteiger partial charge in [0.1, 0.15) is 0 Å². The highest BCUT2D eigenvalue weighted by molar-refractivity contribution is 5.83. The maximum Gasteiger partial charge on any atom is 0.0983 e. The molecule has 0 bridgehead atoms. The van der Waals surface area contributed by atoms with Crippen LogP contribution >= 0.6 is 0 Å². The molecule has 98 valence electrons. The van der Waals surface area contributed by atoms with Gasteiger partial charge < -0.3 is 5.11 Å². The molecule has 0 fully saturated rings. The molecule has 0 saturated heterocycles. The second kappa shape index (κ2) is 4.15. The average Bonchev–Trinajstić information content (AvgIpc) is 2.84. The Bertz CT molecular complexity index is 764. The summed E-state index contributed by atoms with van der Waals surface area (Å²) in [6.45, 7) is 0. The standard InChI is InChI=1S/C18H15NO/c20-18(11-13-5-1-2-6-14(13)12-18)16-8-3-9-17-15(16)7-4-10-19-17/h1-10,20H,11-12H2. The van der Waals surface area contributed by atoms with Crippen molar-refractivity contribution < 1.29 is 5.11 Å². The topological polar surface area (TPSA) is 33.1 Å². The van der Waals surface area contributed by atoms with Crippen LogP contribution in [0, 0.1) is 0 Å². The van der Waals surface area contributed by atoms with Gasteiger partial charge in [-0.2, -0.15) is 0 Å². The second-order valence-electron chi connectivity index (χ2n) is 5.53. The van der Waals surface area contributed by atoms with Crippen molar-refractivity contribution in [2.75, 3.05) is 0 Å². The lowest BCUT2D eigenvalue weighted by Crippen LogP contribution is -2.26. The normalized spacial score (nSPS) is 16.2. The van der Waals surface area contributed by atoms with Crippen molar-refractivity contribution in [2.45, 2.75) is 18.4 Å². The molecule has 0 saturated carbocycles. The molecule has 1 heterocycles. The van der Waals surface area contributed by atoms with E-state index in [1.165, 1.54) is 11.1 Å². The fourth-order valence-electron chi connectivity index (χ4n) is 3.29. The number of hydrogen-bond donors (Lipinski definition) is 1. The second-order valence-corrected chi connectivity index (χ2v) is 5.53. The van der Waals surface area contributed by atoms with Crippen LogP contribution in [-0.2, 0) is 18.4 Å². The zero-order chi connectivity index (χ0) is 13.6. The molecule has 0 spiro atoms. The van der Waals surface area contributed by atoms with Crippen LogP contribution in [0.5, 0.6) is 0 Å². The summed E-state index contributed by atoms with van der Waals surface area (Å²) in [7, 11) is 0. The summed E-state index contributed by atoms with van der Waals surface area (Å²) in [5, 5.41) is 12.2. The van der Waals surface area contributed by atoms with Crippen molar-refractivity contribution in [3.05, 3.63) is 77.5 Å². The monoisotopic (exact) mass is 261 g/mol. The highest BCUT2D eigenvalue weighted by Gasteiger charge is 2.37. The molecular formula is C18H15NO. The van der Waals surface area contributed by atoms with Gasteiger partial charge in [-0.3, -0.25) is 4.98 Å². The Morgan fingerprint density at radius 1 is 0.850 bits per heavy atom. The third kappa shape index (κ3) is 1.65. The van der Waals surface area contributed by atoms with Crippen LogP contribution in [0.25, 0.3) is 10.9 Å². The van der Waals surface area contributed by atoms with Crippen LogP contribution in [0.4, 0.5) is 0 Å². The lowest BCUT2D eigenvalue weighted by Gasteiger charge is -2.24. The number of aliphatic hydroxyl groups is 1. The largest absolute Gasteiger partial charge is 0.384 e. The van der Waals surface area contributed by atoms with Crippen LogP contribution in [0.15, 0.2) is 60.8 Å². The van der Waals surface area contributed by atoms with Crippen LogP contribution < -0.4 is 0 Å². The summed E-state index contributed by atoms with van der Waals surface area (Å²) >= 11 is 0. The molecule has 2 nitrogen and oxygen atoms in total. The molecule has 0 atom stereocenters. The van der Waals surface area contributed by atoms with E-state index in [0.29, 0.717) is 12.8 Å². The Kier molecular flexibility index (Phi) is 2.41. The highest BCUT2D eigenvalue weighted by Crippen LogP contribution is 2.39. The number of fused-ring (bicyclic) bond motifs is 2. The predicted octanol–water partition coefficient (Wildman–Crippen LogP) is 3.22. The molecule has 4 rings (SSSR count). The quantitative estimate of drug-likeness (QED) is 0.729. The van der Waals surface area contributed by atoms with E-state index < -0.39 is 5.60 Å². The maximum atomic E-state index is 11.2. The number of nitrogens with zero attached hydrogens (tertiary/aromatic N) is 1. The summed E-state index contributed by atoms with van der Waals surface area (Å²) in [6, 6.07) is 18.2. The third-order valence-corrected chi connectivity index (χ3v) is 4.23. The Hall–Kier alpha value is -2.19. The van der Waals surface area contributed by atoms with E-state index in [1.54, 1.807) is 6.20 Å². The zero-order valence-electron chi connectivity index (χ0n) is 11.1. The van der Waals surface area contributed by atoms with E-state index in [9.17, 15) is 5.11 Å². The van der Waals surface area contributed by atoms with E-state index in [0.717, 1.165) is 16.5 Å². The summed E-state index contributed by atoms with van der Waals surface area (Å²) < 4.78 is 0. The summed E-state index contributed by atoms with van der Waals surface area (Å²) in [5.41, 5.74) is 3.60. The molecule has 1 aliphatic rings. The van der Waals surface area contributed by atoms with Crippen LogP contribution in [0.3, 0.4) is 0 Å². The molecule has 0 unspecified atom stereocenters. The first-order valence-electron chi connectivity index (χ1n) is 6.90. The summed E-state index contributed by atoms with van der Waals surface area (Å²) in [6.07, 6.45) is 3.15. The minimum atomic E-state index is -0.813. The Balaban J connectivity index is 1.89. The minimum absolute atomic E-state index is 0.678. The third-order valence-electron chi connectivity index (χ3n) is 4.23. The Morgan fingerprint density at radius 2 is 1.60 bits per heavy atom. The van der Waals surface area contributed by atoms with Crippen LogP contribution in [0.2, 0.25) is 0 Å². The van der Waals surface area contributed by atoms with Gasteiger partial charge in [0.2, 0.25) is 0 Å². The molecule has 1 N–H and O–H groups in total. The van der Waals surface area contributed by atoms with Gasteiger partial charge in [-0.1, -0.05) is 42.5 Å². The van der Waals surface area contributed by atoms with Gasteiger partial charge in [-0.05, 0) is 28.8 Å². The fraction of sp³-hybridized carbons (Fsp3) is 0.167. The molecular weight excluding hydrogens is 246 g/mol. The van der Waals surface area contributed by atoms with E-state index in [-0.39, 0.29) is 0 Å². The summed E-state index contributed by atoms with van der Waals surface area (Å²) in [4.78, 5) is 4.38. The zero-order valence-corrected chi connectivity index (χ0v) is 11.1. The molecule has 3 aromatic rings. The first-order valence-corrected chi connectivity index (χ1v) is 6.90. The lowest BCUT2D eigenvalue weighted by atomic mass is 9.88. The van der Waals surface area contributed by atoms with Crippen molar-refractivity contribution >= 4 is 10.9 Å². The summed E-state index contributed by atoms with van der Waals surface area (Å²) in [5.74, 6) is 0. The van der Waals surface area contributed by atoms with Gasteiger partial charge >= 0.3 is 0 Å². The van der Waals surface area contributed by atoms with Crippen molar-refractivity contribution in [2.24, 2.45) is 0 Å². The Labute approximate surface area is 117 Å². The molecule has 1 aromatic heterocycles. The van der Waals surface area contributed by atoms with E-state index in [2.05, 4.69) is 17.1 Å².